The first-order chi connectivity index (χ1) is 6.22. The molecule has 0 spiro atoms. The summed E-state index contributed by atoms with van der Waals surface area (Å²) in [5, 5.41) is 0. The highest BCUT2D eigenvalue weighted by atomic mass is 16.3. The van der Waals surface area contributed by atoms with Crippen molar-refractivity contribution in [2.75, 3.05) is 0 Å². The Hall–Kier alpha value is -1.58. The first-order valence-corrected chi connectivity index (χ1v) is 4.02. The number of aldehydes is 1. The Labute approximate surface area is 75.1 Å². The maximum atomic E-state index is 11.0. The Morgan fingerprint density at radius 3 is 3.00 bits per heavy atom. The summed E-state index contributed by atoms with van der Waals surface area (Å²) in [6.45, 7) is 2.57. The van der Waals surface area contributed by atoms with Crippen LogP contribution in [0.1, 0.15) is 28.6 Å². The molecule has 0 fully saturated rings. The van der Waals surface area contributed by atoms with Crippen LogP contribution in [-0.4, -0.2) is 17.1 Å². The van der Waals surface area contributed by atoms with Crippen molar-refractivity contribution >= 4 is 12.2 Å². The highest BCUT2D eigenvalue weighted by Gasteiger charge is 2.25. The molecule has 0 saturated heterocycles. The normalized spacial score (nSPS) is 14.4. The predicted molar refractivity (Wildman–Crippen MR) is 44.0 cm³/mol. The van der Waals surface area contributed by atoms with Crippen LogP contribution in [0.5, 0.6) is 0 Å². The summed E-state index contributed by atoms with van der Waals surface area (Å²) in [4.78, 5) is 23.2. The molecule has 2 heterocycles. The van der Waals surface area contributed by atoms with Gasteiger partial charge in [-0.05, 0) is 0 Å². The summed E-state index contributed by atoms with van der Waals surface area (Å²) in [5.74, 6) is 0.367. The molecule has 0 aliphatic carbocycles. The van der Waals surface area contributed by atoms with Crippen LogP contribution in [0.25, 0.3) is 0 Å². The van der Waals surface area contributed by atoms with E-state index in [-0.39, 0.29) is 5.91 Å². The molecular formula is C9H9NO3. The second-order valence-corrected chi connectivity index (χ2v) is 3.10. The Morgan fingerprint density at radius 1 is 1.62 bits per heavy atom. The third-order valence-corrected chi connectivity index (χ3v) is 2.28. The lowest BCUT2D eigenvalue weighted by Gasteiger charge is -2.11. The fourth-order valence-electron chi connectivity index (χ4n) is 1.52. The number of amides is 1. The van der Waals surface area contributed by atoms with E-state index < -0.39 is 0 Å². The van der Waals surface area contributed by atoms with Crippen LogP contribution in [0.3, 0.4) is 0 Å². The molecule has 4 heteroatoms. The Balaban J connectivity index is 2.30. The van der Waals surface area contributed by atoms with Gasteiger partial charge in [-0.1, -0.05) is 0 Å². The minimum Gasteiger partial charge on any atom is -0.461 e. The summed E-state index contributed by atoms with van der Waals surface area (Å²) < 4.78 is 5.01. The number of hydrogen-bond donors (Lipinski definition) is 0. The van der Waals surface area contributed by atoms with Crippen LogP contribution in [0.4, 0.5) is 0 Å². The molecule has 68 valence electrons. The van der Waals surface area contributed by atoms with Crippen LogP contribution >= 0.6 is 0 Å². The van der Waals surface area contributed by atoms with Crippen LogP contribution in [-0.2, 0) is 17.9 Å². The first-order valence-electron chi connectivity index (χ1n) is 4.02. The SMILES string of the molecule is CC(=O)N1Cc2coc(C=O)c2C1. The highest BCUT2D eigenvalue weighted by Crippen LogP contribution is 2.26. The maximum absolute atomic E-state index is 11.0. The molecule has 0 atom stereocenters. The average molecular weight is 179 g/mol. The Bertz CT molecular complexity index is 367. The van der Waals surface area contributed by atoms with Crippen molar-refractivity contribution in [1.82, 2.24) is 4.90 Å². The van der Waals surface area contributed by atoms with Crippen LogP contribution < -0.4 is 0 Å². The van der Waals surface area contributed by atoms with Crippen molar-refractivity contribution in [3.8, 4) is 0 Å². The van der Waals surface area contributed by atoms with Crippen molar-refractivity contribution in [1.29, 1.82) is 0 Å². The first kappa shape index (κ1) is 8.04. The number of fused-ring (bicyclic) bond motifs is 1. The number of furan rings is 1. The topological polar surface area (TPSA) is 50.5 Å². The quantitative estimate of drug-likeness (QED) is 0.603. The van der Waals surface area contributed by atoms with Crippen molar-refractivity contribution in [3.05, 3.63) is 23.2 Å². The van der Waals surface area contributed by atoms with E-state index in [4.69, 9.17) is 4.42 Å². The van der Waals surface area contributed by atoms with E-state index in [1.807, 2.05) is 0 Å². The van der Waals surface area contributed by atoms with Gasteiger partial charge in [0.15, 0.2) is 12.0 Å². The molecule has 0 bridgehead atoms. The van der Waals surface area contributed by atoms with Crippen molar-refractivity contribution in [2.45, 2.75) is 20.0 Å². The van der Waals surface area contributed by atoms with Crippen molar-refractivity contribution in [2.24, 2.45) is 0 Å². The molecule has 4 nitrogen and oxygen atoms in total. The summed E-state index contributed by atoms with van der Waals surface area (Å²) in [6, 6.07) is 0. The lowest BCUT2D eigenvalue weighted by atomic mass is 10.2. The van der Waals surface area contributed by atoms with Crippen LogP contribution in [0.15, 0.2) is 10.7 Å². The number of carbonyl (C=O) groups is 2. The highest BCUT2D eigenvalue weighted by molar-refractivity contribution is 5.77. The molecule has 1 aromatic heterocycles. The van der Waals surface area contributed by atoms with E-state index in [9.17, 15) is 9.59 Å². The molecule has 2 rings (SSSR count). The Kier molecular flexibility index (Phi) is 1.69. The number of hydrogen-bond acceptors (Lipinski definition) is 3. The molecule has 1 aromatic rings. The van der Waals surface area contributed by atoms with Gasteiger partial charge in [-0.2, -0.15) is 0 Å². The second-order valence-electron chi connectivity index (χ2n) is 3.10. The molecule has 0 unspecified atom stereocenters. The molecule has 1 amide bonds. The van der Waals surface area contributed by atoms with Gasteiger partial charge >= 0.3 is 0 Å². The van der Waals surface area contributed by atoms with Crippen LogP contribution in [0.2, 0.25) is 0 Å². The summed E-state index contributed by atoms with van der Waals surface area (Å²) >= 11 is 0. The summed E-state index contributed by atoms with van der Waals surface area (Å²) in [6.07, 6.45) is 2.23. The van der Waals surface area contributed by atoms with Gasteiger partial charge in [0.05, 0.1) is 12.8 Å². The van der Waals surface area contributed by atoms with Gasteiger partial charge in [0.25, 0.3) is 0 Å². The van der Waals surface area contributed by atoms with Gasteiger partial charge in [0, 0.05) is 24.6 Å². The lowest BCUT2D eigenvalue weighted by molar-refractivity contribution is -0.129. The van der Waals surface area contributed by atoms with Gasteiger partial charge < -0.3 is 9.32 Å². The van der Waals surface area contributed by atoms with E-state index in [1.165, 1.54) is 6.92 Å². The molecule has 0 radical (unpaired) electrons. The average Bonchev–Trinajstić information content (AvgIpc) is 2.60. The predicted octanol–water partition coefficient (Wildman–Crippen LogP) is 0.954. The summed E-state index contributed by atoms with van der Waals surface area (Å²) in [5.41, 5.74) is 1.79. The van der Waals surface area contributed by atoms with Gasteiger partial charge in [0.1, 0.15) is 0 Å². The van der Waals surface area contributed by atoms with E-state index in [0.29, 0.717) is 25.1 Å². The van der Waals surface area contributed by atoms with Gasteiger partial charge in [-0.3, -0.25) is 9.59 Å². The van der Waals surface area contributed by atoms with E-state index in [0.717, 1.165) is 11.1 Å². The minimum absolute atomic E-state index is 0.0213. The number of rotatable bonds is 1. The van der Waals surface area contributed by atoms with E-state index in [2.05, 4.69) is 0 Å². The van der Waals surface area contributed by atoms with Gasteiger partial charge in [0.2, 0.25) is 5.91 Å². The third-order valence-electron chi connectivity index (χ3n) is 2.28. The molecule has 0 saturated carbocycles. The fraction of sp³-hybridized carbons (Fsp3) is 0.333. The molecule has 1 aliphatic heterocycles. The van der Waals surface area contributed by atoms with Crippen molar-refractivity contribution < 1.29 is 14.0 Å². The lowest BCUT2D eigenvalue weighted by Crippen LogP contribution is -2.22. The largest absolute Gasteiger partial charge is 0.461 e. The van der Waals surface area contributed by atoms with E-state index >= 15 is 0 Å². The van der Waals surface area contributed by atoms with Gasteiger partial charge in [-0.15, -0.1) is 0 Å². The number of carbonyl (C=O) groups excluding carboxylic acids is 2. The number of nitrogens with zero attached hydrogens (tertiary/aromatic N) is 1. The van der Waals surface area contributed by atoms with Gasteiger partial charge in [-0.25, -0.2) is 0 Å². The Morgan fingerprint density at radius 2 is 2.38 bits per heavy atom. The molecule has 0 N–H and O–H groups in total. The fourth-order valence-corrected chi connectivity index (χ4v) is 1.52. The molecular weight excluding hydrogens is 170 g/mol. The minimum atomic E-state index is 0.0213. The molecule has 0 aromatic carbocycles. The molecule has 1 aliphatic rings. The maximum Gasteiger partial charge on any atom is 0.220 e. The zero-order chi connectivity index (χ0) is 9.42. The smallest absolute Gasteiger partial charge is 0.220 e. The standard InChI is InChI=1S/C9H9NO3/c1-6(12)10-2-7-5-13-9(4-11)8(7)3-10/h4-5H,2-3H2,1H3. The summed E-state index contributed by atoms with van der Waals surface area (Å²) in [7, 11) is 0. The second kappa shape index (κ2) is 2.73. The third kappa shape index (κ3) is 1.14. The van der Waals surface area contributed by atoms with Crippen molar-refractivity contribution in [3.63, 3.8) is 0 Å². The van der Waals surface area contributed by atoms with E-state index in [1.54, 1.807) is 11.2 Å². The zero-order valence-electron chi connectivity index (χ0n) is 7.24. The zero-order valence-corrected chi connectivity index (χ0v) is 7.24. The molecule has 13 heavy (non-hydrogen) atoms. The monoisotopic (exact) mass is 179 g/mol. The van der Waals surface area contributed by atoms with Crippen LogP contribution in [0, 0.1) is 0 Å².